The molecule has 2 aromatic heterocycles. The number of pyridine rings is 1. The minimum absolute atomic E-state index is 0.0942. The molecule has 3 aromatic rings. The van der Waals surface area contributed by atoms with Crippen molar-refractivity contribution >= 4 is 17.6 Å². The first-order valence-corrected chi connectivity index (χ1v) is 6.31. The molecule has 0 spiro atoms. The lowest BCUT2D eigenvalue weighted by molar-refractivity contribution is 0.0697. The first-order valence-electron chi connectivity index (χ1n) is 5.93. The summed E-state index contributed by atoms with van der Waals surface area (Å²) in [6, 6.07) is 9.72. The number of benzene rings is 1. The van der Waals surface area contributed by atoms with Gasteiger partial charge in [0.05, 0.1) is 16.1 Å². The first kappa shape index (κ1) is 13.3. The van der Waals surface area contributed by atoms with Crippen LogP contribution in [0.2, 0.25) is 5.02 Å². The number of rotatable bonds is 3. The highest BCUT2D eigenvalue weighted by Crippen LogP contribution is 2.24. The van der Waals surface area contributed by atoms with Crippen molar-refractivity contribution in [1.29, 1.82) is 0 Å². The van der Waals surface area contributed by atoms with Gasteiger partial charge in [0.15, 0.2) is 0 Å². The molecule has 6 nitrogen and oxygen atoms in total. The molecule has 3 rings (SSSR count). The molecule has 0 saturated carbocycles. The van der Waals surface area contributed by atoms with Gasteiger partial charge in [0, 0.05) is 6.20 Å². The number of hydrogen-bond donors (Lipinski definition) is 1. The molecule has 0 aliphatic rings. The molecule has 0 radical (unpaired) electrons. The average molecular weight is 302 g/mol. The summed E-state index contributed by atoms with van der Waals surface area (Å²) in [7, 11) is 0. The SMILES string of the molecule is O=C(O)c1ccccc1-c1nc(-c2ccc(Cl)cn2)no1. The Hall–Kier alpha value is -2.73. The van der Waals surface area contributed by atoms with Crippen LogP contribution in [0.5, 0.6) is 0 Å². The molecule has 0 amide bonds. The van der Waals surface area contributed by atoms with Crippen LogP contribution < -0.4 is 0 Å². The van der Waals surface area contributed by atoms with Gasteiger partial charge in [-0.25, -0.2) is 4.79 Å². The van der Waals surface area contributed by atoms with Gasteiger partial charge in [0.25, 0.3) is 5.89 Å². The van der Waals surface area contributed by atoms with Gasteiger partial charge >= 0.3 is 5.97 Å². The number of halogens is 1. The molecular formula is C14H8ClN3O3. The van der Waals surface area contributed by atoms with E-state index in [1.54, 1.807) is 30.3 Å². The normalized spacial score (nSPS) is 10.5. The molecule has 2 heterocycles. The van der Waals surface area contributed by atoms with Crippen molar-refractivity contribution in [1.82, 2.24) is 15.1 Å². The van der Waals surface area contributed by atoms with E-state index in [4.69, 9.17) is 21.2 Å². The zero-order valence-corrected chi connectivity index (χ0v) is 11.3. The molecule has 0 unspecified atom stereocenters. The summed E-state index contributed by atoms with van der Waals surface area (Å²) in [5.41, 5.74) is 0.941. The third-order valence-corrected chi connectivity index (χ3v) is 2.99. The minimum Gasteiger partial charge on any atom is -0.478 e. The lowest BCUT2D eigenvalue weighted by Gasteiger charge is -1.99. The van der Waals surface area contributed by atoms with Gasteiger partial charge in [-0.15, -0.1) is 0 Å². The second kappa shape index (κ2) is 5.34. The molecule has 0 fully saturated rings. The standard InChI is InChI=1S/C14H8ClN3O3/c15-8-5-6-11(16-7-8)12-17-13(21-18-12)9-3-1-2-4-10(9)14(19)20/h1-7H,(H,19,20). The Bertz CT molecular complexity index is 799. The summed E-state index contributed by atoms with van der Waals surface area (Å²) >= 11 is 5.76. The predicted molar refractivity (Wildman–Crippen MR) is 74.9 cm³/mol. The Labute approximate surface area is 124 Å². The van der Waals surface area contributed by atoms with E-state index in [1.807, 2.05) is 0 Å². The molecule has 1 N–H and O–H groups in total. The highest BCUT2D eigenvalue weighted by Gasteiger charge is 2.17. The zero-order valence-electron chi connectivity index (χ0n) is 10.5. The van der Waals surface area contributed by atoms with Gasteiger partial charge in [-0.3, -0.25) is 4.98 Å². The van der Waals surface area contributed by atoms with Crippen molar-refractivity contribution < 1.29 is 14.4 Å². The van der Waals surface area contributed by atoms with E-state index < -0.39 is 5.97 Å². The van der Waals surface area contributed by atoms with Crippen molar-refractivity contribution in [2.75, 3.05) is 0 Å². The highest BCUT2D eigenvalue weighted by atomic mass is 35.5. The predicted octanol–water partition coefficient (Wildman–Crippen LogP) is 3.15. The molecule has 21 heavy (non-hydrogen) atoms. The fraction of sp³-hybridized carbons (Fsp3) is 0. The molecule has 0 aliphatic heterocycles. The number of nitrogens with zero attached hydrogens (tertiary/aromatic N) is 3. The molecule has 7 heteroatoms. The van der Waals surface area contributed by atoms with Gasteiger partial charge in [0.2, 0.25) is 5.82 Å². The summed E-state index contributed by atoms with van der Waals surface area (Å²) in [5.74, 6) is -0.670. The van der Waals surface area contributed by atoms with E-state index >= 15 is 0 Å². The second-order valence-corrected chi connectivity index (χ2v) is 4.57. The van der Waals surface area contributed by atoms with Crippen LogP contribution in [0.15, 0.2) is 47.1 Å². The Kier molecular flexibility index (Phi) is 3.37. The van der Waals surface area contributed by atoms with Crippen molar-refractivity contribution in [3.63, 3.8) is 0 Å². The third-order valence-electron chi connectivity index (χ3n) is 2.77. The molecule has 1 aromatic carbocycles. The summed E-state index contributed by atoms with van der Waals surface area (Å²) < 4.78 is 5.13. The number of aromatic carboxylic acids is 1. The molecule has 0 atom stereocenters. The maximum atomic E-state index is 11.2. The van der Waals surface area contributed by atoms with Crippen LogP contribution in [0.25, 0.3) is 23.0 Å². The molecule has 0 aliphatic carbocycles. The zero-order chi connectivity index (χ0) is 14.8. The molecule has 0 bridgehead atoms. The van der Waals surface area contributed by atoms with Crippen LogP contribution in [0.1, 0.15) is 10.4 Å². The molecule has 104 valence electrons. The van der Waals surface area contributed by atoms with E-state index in [9.17, 15) is 4.79 Å². The summed E-state index contributed by atoms with van der Waals surface area (Å²) in [4.78, 5) is 19.4. The fourth-order valence-electron chi connectivity index (χ4n) is 1.80. The topological polar surface area (TPSA) is 89.1 Å². The second-order valence-electron chi connectivity index (χ2n) is 4.14. The van der Waals surface area contributed by atoms with Crippen molar-refractivity contribution in [3.05, 3.63) is 53.2 Å². The van der Waals surface area contributed by atoms with Gasteiger partial charge < -0.3 is 9.63 Å². The number of carboxylic acids is 1. The van der Waals surface area contributed by atoms with Crippen molar-refractivity contribution in [2.45, 2.75) is 0 Å². The lowest BCUT2D eigenvalue weighted by atomic mass is 10.1. The van der Waals surface area contributed by atoms with Gasteiger partial charge in [-0.2, -0.15) is 4.98 Å². The lowest BCUT2D eigenvalue weighted by Crippen LogP contribution is -1.99. The minimum atomic E-state index is -1.06. The van der Waals surface area contributed by atoms with Crippen LogP contribution in [0.3, 0.4) is 0 Å². The van der Waals surface area contributed by atoms with E-state index in [1.165, 1.54) is 12.3 Å². The maximum Gasteiger partial charge on any atom is 0.336 e. The monoisotopic (exact) mass is 301 g/mol. The number of hydrogen-bond acceptors (Lipinski definition) is 5. The van der Waals surface area contributed by atoms with Crippen molar-refractivity contribution in [3.8, 4) is 23.0 Å². The van der Waals surface area contributed by atoms with Gasteiger partial charge in [-0.05, 0) is 24.3 Å². The van der Waals surface area contributed by atoms with E-state index in [2.05, 4.69) is 15.1 Å². The Morgan fingerprint density at radius 3 is 2.71 bits per heavy atom. The Balaban J connectivity index is 2.03. The van der Waals surface area contributed by atoms with Crippen LogP contribution in [-0.4, -0.2) is 26.2 Å². The quantitative estimate of drug-likeness (QED) is 0.799. The van der Waals surface area contributed by atoms with Crippen LogP contribution in [-0.2, 0) is 0 Å². The largest absolute Gasteiger partial charge is 0.478 e. The highest BCUT2D eigenvalue weighted by molar-refractivity contribution is 6.30. The number of carbonyl (C=O) groups is 1. The number of aromatic nitrogens is 3. The van der Waals surface area contributed by atoms with E-state index in [-0.39, 0.29) is 17.3 Å². The van der Waals surface area contributed by atoms with Crippen LogP contribution >= 0.6 is 11.6 Å². The molecular weight excluding hydrogens is 294 g/mol. The Morgan fingerprint density at radius 1 is 1.19 bits per heavy atom. The first-order chi connectivity index (χ1) is 10.1. The van der Waals surface area contributed by atoms with E-state index in [0.29, 0.717) is 16.3 Å². The van der Waals surface area contributed by atoms with Crippen molar-refractivity contribution in [2.24, 2.45) is 0 Å². The molecule has 0 saturated heterocycles. The third kappa shape index (κ3) is 2.61. The van der Waals surface area contributed by atoms with E-state index in [0.717, 1.165) is 0 Å². The van der Waals surface area contributed by atoms with Crippen LogP contribution in [0, 0.1) is 0 Å². The summed E-state index contributed by atoms with van der Waals surface area (Å²) in [5, 5.41) is 13.5. The smallest absolute Gasteiger partial charge is 0.336 e. The number of carboxylic acid groups (broad SMARTS) is 1. The maximum absolute atomic E-state index is 11.2. The summed E-state index contributed by atoms with van der Waals surface area (Å²) in [6.45, 7) is 0. The van der Waals surface area contributed by atoms with Crippen LogP contribution in [0.4, 0.5) is 0 Å². The van der Waals surface area contributed by atoms with Gasteiger partial charge in [-0.1, -0.05) is 28.9 Å². The Morgan fingerprint density at radius 2 is 2.00 bits per heavy atom. The summed E-state index contributed by atoms with van der Waals surface area (Å²) in [6.07, 6.45) is 1.47. The van der Waals surface area contributed by atoms with Gasteiger partial charge in [0.1, 0.15) is 5.69 Å². The fourth-order valence-corrected chi connectivity index (χ4v) is 1.91. The average Bonchev–Trinajstić information content (AvgIpc) is 2.97.